The Bertz CT molecular complexity index is 388. The quantitative estimate of drug-likeness (QED) is 0.788. The van der Waals surface area contributed by atoms with Gasteiger partial charge in [-0.2, -0.15) is 0 Å². The first-order chi connectivity index (χ1) is 7.13. The third kappa shape index (κ3) is 3.52. The van der Waals surface area contributed by atoms with E-state index in [1.54, 1.807) is 24.3 Å². The van der Waals surface area contributed by atoms with E-state index in [0.29, 0.717) is 17.7 Å². The fourth-order valence-electron chi connectivity index (χ4n) is 1.19. The van der Waals surface area contributed by atoms with Crippen LogP contribution in [0.1, 0.15) is 11.1 Å². The molecule has 0 aliphatic carbocycles. The number of hydrogen-bond acceptors (Lipinski definition) is 2. The van der Waals surface area contributed by atoms with Crippen LogP contribution in [0.25, 0.3) is 6.08 Å². The van der Waals surface area contributed by atoms with E-state index in [1.807, 2.05) is 0 Å². The second kappa shape index (κ2) is 5.26. The molecule has 3 N–H and O–H groups in total. The highest BCUT2D eigenvalue weighted by atomic mass is 19.1. The molecule has 0 aromatic heterocycles. The van der Waals surface area contributed by atoms with Crippen LogP contribution >= 0.6 is 0 Å². The summed E-state index contributed by atoms with van der Waals surface area (Å²) in [6.45, 7) is 0.344. The number of hydrogen-bond donors (Lipinski definition) is 2. The fraction of sp³-hybridized carbons (Fsp3) is 0.182. The minimum Gasteiger partial charge on any atom is -0.481 e. The third-order valence-electron chi connectivity index (χ3n) is 1.85. The van der Waals surface area contributed by atoms with E-state index in [0.717, 1.165) is 0 Å². The zero-order valence-corrected chi connectivity index (χ0v) is 8.11. The molecule has 0 saturated heterocycles. The predicted octanol–water partition coefficient (Wildman–Crippen LogP) is 1.42. The number of rotatable bonds is 4. The van der Waals surface area contributed by atoms with Crippen LogP contribution < -0.4 is 5.73 Å². The van der Waals surface area contributed by atoms with Crippen molar-refractivity contribution in [2.75, 3.05) is 6.54 Å². The molecule has 0 atom stereocenters. The van der Waals surface area contributed by atoms with Crippen molar-refractivity contribution < 1.29 is 14.3 Å². The highest BCUT2D eigenvalue weighted by molar-refractivity contribution is 5.70. The second-order valence-corrected chi connectivity index (χ2v) is 3.06. The first kappa shape index (κ1) is 11.4. The van der Waals surface area contributed by atoms with Gasteiger partial charge in [0, 0.05) is 12.1 Å². The molecule has 0 fully saturated rings. The fourth-order valence-corrected chi connectivity index (χ4v) is 1.19. The summed E-state index contributed by atoms with van der Waals surface area (Å²) in [5.41, 5.74) is 6.10. The first-order valence-corrected chi connectivity index (χ1v) is 4.50. The summed E-state index contributed by atoms with van der Waals surface area (Å²) in [7, 11) is 0. The Kier molecular flexibility index (Phi) is 4.00. The van der Waals surface area contributed by atoms with Crippen LogP contribution in [0.3, 0.4) is 0 Å². The summed E-state index contributed by atoms with van der Waals surface area (Å²) in [4.78, 5) is 10.4. The molecule has 15 heavy (non-hydrogen) atoms. The Morgan fingerprint density at radius 2 is 2.27 bits per heavy atom. The Hall–Kier alpha value is -1.68. The molecule has 0 aliphatic heterocycles. The van der Waals surface area contributed by atoms with Crippen molar-refractivity contribution in [3.8, 4) is 0 Å². The molecule has 0 saturated carbocycles. The Morgan fingerprint density at radius 1 is 1.53 bits per heavy atom. The van der Waals surface area contributed by atoms with E-state index in [9.17, 15) is 9.18 Å². The van der Waals surface area contributed by atoms with Gasteiger partial charge in [0.2, 0.25) is 0 Å². The maximum Gasteiger partial charge on any atom is 0.307 e. The first-order valence-electron chi connectivity index (χ1n) is 4.50. The molecule has 1 rings (SSSR count). The molecule has 0 amide bonds. The summed E-state index contributed by atoms with van der Waals surface area (Å²) >= 11 is 0. The van der Waals surface area contributed by atoms with Gasteiger partial charge in [-0.1, -0.05) is 24.3 Å². The lowest BCUT2D eigenvalue weighted by Crippen LogP contribution is -2.00. The zero-order chi connectivity index (χ0) is 11.3. The lowest BCUT2D eigenvalue weighted by molar-refractivity contribution is -0.136. The van der Waals surface area contributed by atoms with Crippen molar-refractivity contribution in [1.82, 2.24) is 0 Å². The largest absolute Gasteiger partial charge is 0.481 e. The highest BCUT2D eigenvalue weighted by Crippen LogP contribution is 2.12. The molecule has 3 nitrogen and oxygen atoms in total. The van der Waals surface area contributed by atoms with Gasteiger partial charge in [0.15, 0.2) is 0 Å². The molecule has 0 bridgehead atoms. The van der Waals surface area contributed by atoms with Crippen LogP contribution in [0.15, 0.2) is 24.3 Å². The van der Waals surface area contributed by atoms with Crippen molar-refractivity contribution in [3.05, 3.63) is 41.2 Å². The van der Waals surface area contributed by atoms with Gasteiger partial charge in [-0.05, 0) is 11.6 Å². The number of carboxylic acids is 1. The van der Waals surface area contributed by atoms with Crippen LogP contribution in [0, 0.1) is 5.82 Å². The Morgan fingerprint density at radius 3 is 2.80 bits per heavy atom. The van der Waals surface area contributed by atoms with Crippen LogP contribution in [-0.2, 0) is 11.2 Å². The molecule has 1 aromatic carbocycles. The van der Waals surface area contributed by atoms with E-state index < -0.39 is 11.8 Å². The third-order valence-corrected chi connectivity index (χ3v) is 1.85. The van der Waals surface area contributed by atoms with Gasteiger partial charge in [0.25, 0.3) is 0 Å². The molecule has 0 radical (unpaired) electrons. The van der Waals surface area contributed by atoms with Crippen LogP contribution in [-0.4, -0.2) is 17.6 Å². The minimum atomic E-state index is -0.973. The van der Waals surface area contributed by atoms with Gasteiger partial charge < -0.3 is 10.8 Å². The maximum atomic E-state index is 13.3. The zero-order valence-electron chi connectivity index (χ0n) is 8.11. The Balaban J connectivity index is 2.87. The van der Waals surface area contributed by atoms with E-state index in [4.69, 9.17) is 10.8 Å². The van der Waals surface area contributed by atoms with Crippen LogP contribution in [0.5, 0.6) is 0 Å². The average Bonchev–Trinajstić information content (AvgIpc) is 2.15. The number of aliphatic carboxylic acids is 1. The summed E-state index contributed by atoms with van der Waals surface area (Å²) in [6, 6.07) is 4.36. The maximum absolute atomic E-state index is 13.3. The van der Waals surface area contributed by atoms with E-state index in [2.05, 4.69) is 0 Å². The predicted molar refractivity (Wildman–Crippen MR) is 55.8 cm³/mol. The lowest BCUT2D eigenvalue weighted by Gasteiger charge is -2.00. The number of benzene rings is 1. The van der Waals surface area contributed by atoms with Crippen molar-refractivity contribution in [1.29, 1.82) is 0 Å². The van der Waals surface area contributed by atoms with Gasteiger partial charge >= 0.3 is 5.97 Å². The summed E-state index contributed by atoms with van der Waals surface area (Å²) in [5.74, 6) is -1.40. The van der Waals surface area contributed by atoms with Gasteiger partial charge in [-0.15, -0.1) is 0 Å². The van der Waals surface area contributed by atoms with E-state index >= 15 is 0 Å². The monoisotopic (exact) mass is 209 g/mol. The van der Waals surface area contributed by atoms with Gasteiger partial charge in [0.1, 0.15) is 5.82 Å². The SMILES string of the molecule is NCC=Cc1ccc(CC(=O)O)cc1F. The van der Waals surface area contributed by atoms with E-state index in [-0.39, 0.29) is 6.42 Å². The molecule has 1 aromatic rings. The number of halogens is 1. The van der Waals surface area contributed by atoms with Crippen molar-refractivity contribution in [2.24, 2.45) is 5.73 Å². The number of carbonyl (C=O) groups is 1. The highest BCUT2D eigenvalue weighted by Gasteiger charge is 2.04. The number of carboxylic acid groups (broad SMARTS) is 1. The minimum absolute atomic E-state index is 0.169. The summed E-state index contributed by atoms with van der Waals surface area (Å²) in [6.07, 6.45) is 3.03. The molecule has 0 heterocycles. The van der Waals surface area contributed by atoms with Gasteiger partial charge in [-0.25, -0.2) is 4.39 Å². The van der Waals surface area contributed by atoms with Gasteiger partial charge in [-0.3, -0.25) is 4.79 Å². The molecule has 0 aliphatic rings. The standard InChI is InChI=1S/C11H12FNO2/c12-10-6-8(7-11(14)15)3-4-9(10)2-1-5-13/h1-4,6H,5,7,13H2,(H,14,15). The topological polar surface area (TPSA) is 63.3 Å². The van der Waals surface area contributed by atoms with Crippen LogP contribution in [0.2, 0.25) is 0 Å². The summed E-state index contributed by atoms with van der Waals surface area (Å²) in [5, 5.41) is 8.52. The normalized spacial score (nSPS) is 10.8. The number of nitrogens with two attached hydrogens (primary N) is 1. The smallest absolute Gasteiger partial charge is 0.307 e. The van der Waals surface area contributed by atoms with Crippen molar-refractivity contribution in [3.63, 3.8) is 0 Å². The molecule has 80 valence electrons. The average molecular weight is 209 g/mol. The Labute approximate surface area is 87.0 Å². The lowest BCUT2D eigenvalue weighted by atomic mass is 10.1. The second-order valence-electron chi connectivity index (χ2n) is 3.06. The van der Waals surface area contributed by atoms with E-state index in [1.165, 1.54) is 6.07 Å². The molecule has 4 heteroatoms. The molecule has 0 unspecified atom stereocenters. The molecular formula is C11H12FNO2. The van der Waals surface area contributed by atoms with Crippen LogP contribution in [0.4, 0.5) is 4.39 Å². The molecule has 0 spiro atoms. The van der Waals surface area contributed by atoms with Gasteiger partial charge in [0.05, 0.1) is 6.42 Å². The van der Waals surface area contributed by atoms with Crippen molar-refractivity contribution >= 4 is 12.0 Å². The summed E-state index contributed by atoms with van der Waals surface area (Å²) < 4.78 is 13.3. The van der Waals surface area contributed by atoms with Crippen molar-refractivity contribution in [2.45, 2.75) is 6.42 Å². The molecular weight excluding hydrogens is 197 g/mol.